The second kappa shape index (κ2) is 10.5. The molecule has 0 bridgehead atoms. The molecule has 0 saturated heterocycles. The van der Waals surface area contributed by atoms with Crippen LogP contribution in [0.5, 0.6) is 5.75 Å². The van der Waals surface area contributed by atoms with Crippen LogP contribution in [0, 0.1) is 13.8 Å². The molecule has 0 aliphatic rings. The number of nitrogens with one attached hydrogen (secondary N) is 2. The Kier molecular flexibility index (Phi) is 8.10. The van der Waals surface area contributed by atoms with Crippen LogP contribution in [0.25, 0.3) is 0 Å². The Morgan fingerprint density at radius 3 is 2.74 bits per heavy atom. The van der Waals surface area contributed by atoms with Crippen LogP contribution in [0.3, 0.4) is 0 Å². The predicted octanol–water partition coefficient (Wildman–Crippen LogP) is 3.16. The average molecular weight is 374 g/mol. The topological polar surface area (TPSA) is 84.6 Å². The number of guanidine groups is 1. The van der Waals surface area contributed by atoms with Crippen molar-refractivity contribution in [1.82, 2.24) is 20.8 Å². The molecule has 2 rings (SSSR count). The van der Waals surface area contributed by atoms with Crippen LogP contribution < -0.4 is 15.4 Å². The summed E-state index contributed by atoms with van der Waals surface area (Å²) in [6.07, 6.45) is 1.80. The van der Waals surface area contributed by atoms with Gasteiger partial charge in [-0.15, -0.1) is 0 Å². The van der Waals surface area contributed by atoms with Gasteiger partial charge in [0.1, 0.15) is 5.75 Å². The number of benzene rings is 1. The molecule has 0 saturated carbocycles. The lowest BCUT2D eigenvalue weighted by atomic mass is 10.1. The van der Waals surface area contributed by atoms with E-state index < -0.39 is 0 Å². The van der Waals surface area contributed by atoms with Gasteiger partial charge in [0.05, 0.1) is 12.6 Å². The summed E-state index contributed by atoms with van der Waals surface area (Å²) in [5.41, 5.74) is 2.26. The molecular formula is C20H31N5O2. The lowest BCUT2D eigenvalue weighted by Crippen LogP contribution is -2.38. The molecule has 0 spiro atoms. The van der Waals surface area contributed by atoms with Crippen LogP contribution in [0.1, 0.15) is 50.0 Å². The maximum atomic E-state index is 6.07. The Morgan fingerprint density at radius 1 is 1.26 bits per heavy atom. The molecule has 0 radical (unpaired) electrons. The van der Waals surface area contributed by atoms with Gasteiger partial charge in [0.2, 0.25) is 5.89 Å². The fourth-order valence-electron chi connectivity index (χ4n) is 2.44. The quantitative estimate of drug-likeness (QED) is 0.519. The zero-order chi connectivity index (χ0) is 19.6. The van der Waals surface area contributed by atoms with Crippen molar-refractivity contribution in [2.24, 2.45) is 4.99 Å². The monoisotopic (exact) mass is 373 g/mol. The number of aliphatic imine (C=N–C) groups is 1. The van der Waals surface area contributed by atoms with Gasteiger partial charge in [-0.05, 0) is 45.7 Å². The van der Waals surface area contributed by atoms with E-state index in [1.807, 2.05) is 13.8 Å². The van der Waals surface area contributed by atoms with Crippen LogP contribution in [0.15, 0.2) is 27.7 Å². The van der Waals surface area contributed by atoms with E-state index in [1.165, 1.54) is 5.56 Å². The molecule has 0 fully saturated rings. The van der Waals surface area contributed by atoms with E-state index in [0.717, 1.165) is 30.2 Å². The number of aromatic nitrogens is 2. The minimum atomic E-state index is 0.179. The molecule has 1 aromatic carbocycles. The minimum absolute atomic E-state index is 0.179. The zero-order valence-corrected chi connectivity index (χ0v) is 17.0. The summed E-state index contributed by atoms with van der Waals surface area (Å²) in [6, 6.07) is 6.25. The highest BCUT2D eigenvalue weighted by Gasteiger charge is 2.09. The van der Waals surface area contributed by atoms with Gasteiger partial charge >= 0.3 is 0 Å². The summed E-state index contributed by atoms with van der Waals surface area (Å²) in [6.45, 7) is 12.1. The first-order valence-electron chi connectivity index (χ1n) is 9.59. The van der Waals surface area contributed by atoms with Crippen molar-refractivity contribution in [2.75, 3.05) is 13.1 Å². The van der Waals surface area contributed by atoms with Crippen molar-refractivity contribution in [3.63, 3.8) is 0 Å². The molecule has 148 valence electrons. The smallest absolute Gasteiger partial charge is 0.228 e. The van der Waals surface area contributed by atoms with Gasteiger partial charge in [0.25, 0.3) is 0 Å². The lowest BCUT2D eigenvalue weighted by molar-refractivity contribution is 0.215. The van der Waals surface area contributed by atoms with Crippen LogP contribution >= 0.6 is 0 Å². The molecule has 2 N–H and O–H groups in total. The molecule has 0 amide bonds. The lowest BCUT2D eigenvalue weighted by Gasteiger charge is -2.17. The maximum absolute atomic E-state index is 6.07. The molecule has 7 heteroatoms. The van der Waals surface area contributed by atoms with Crippen molar-refractivity contribution in [2.45, 2.75) is 60.1 Å². The Balaban J connectivity index is 2.00. The van der Waals surface area contributed by atoms with Crippen LogP contribution in [-0.4, -0.2) is 35.3 Å². The molecule has 1 aromatic heterocycles. The standard InChI is InChI=1S/C20H31N5O2/c1-6-15(4)26-18-12-14(3)8-9-17(18)13-23-20(21-7-2)22-11-10-19-24-16(5)25-27-19/h8-9,12,15H,6-7,10-11,13H2,1-5H3,(H2,21,22,23). The van der Waals surface area contributed by atoms with Gasteiger partial charge in [0.15, 0.2) is 11.8 Å². The van der Waals surface area contributed by atoms with Gasteiger partial charge in [-0.3, -0.25) is 0 Å². The highest BCUT2D eigenvalue weighted by Crippen LogP contribution is 2.23. The third kappa shape index (κ3) is 6.92. The fraction of sp³-hybridized carbons (Fsp3) is 0.550. The average Bonchev–Trinajstić information content (AvgIpc) is 3.06. The van der Waals surface area contributed by atoms with Crippen molar-refractivity contribution >= 4 is 5.96 Å². The summed E-state index contributed by atoms with van der Waals surface area (Å²) in [7, 11) is 0. The number of nitrogens with zero attached hydrogens (tertiary/aromatic N) is 3. The van der Waals surface area contributed by atoms with Gasteiger partial charge in [-0.25, -0.2) is 4.99 Å². The van der Waals surface area contributed by atoms with Gasteiger partial charge in [-0.2, -0.15) is 4.98 Å². The Hall–Kier alpha value is -2.57. The van der Waals surface area contributed by atoms with E-state index in [-0.39, 0.29) is 6.10 Å². The summed E-state index contributed by atoms with van der Waals surface area (Å²) in [4.78, 5) is 8.90. The van der Waals surface area contributed by atoms with Crippen LogP contribution in [0.4, 0.5) is 0 Å². The van der Waals surface area contributed by atoms with E-state index >= 15 is 0 Å². The molecule has 2 aromatic rings. The first kappa shape index (κ1) is 20.7. The summed E-state index contributed by atoms with van der Waals surface area (Å²) >= 11 is 0. The molecular weight excluding hydrogens is 342 g/mol. The number of hydrogen-bond acceptors (Lipinski definition) is 5. The van der Waals surface area contributed by atoms with E-state index in [9.17, 15) is 0 Å². The Labute approximate surface area is 161 Å². The van der Waals surface area contributed by atoms with Crippen molar-refractivity contribution in [3.05, 3.63) is 41.0 Å². The number of ether oxygens (including phenoxy) is 1. The highest BCUT2D eigenvalue weighted by atomic mass is 16.5. The van der Waals surface area contributed by atoms with E-state index in [2.05, 4.69) is 59.7 Å². The van der Waals surface area contributed by atoms with Crippen molar-refractivity contribution in [1.29, 1.82) is 0 Å². The highest BCUT2D eigenvalue weighted by molar-refractivity contribution is 5.79. The third-order valence-electron chi connectivity index (χ3n) is 4.08. The van der Waals surface area contributed by atoms with Crippen LogP contribution in [-0.2, 0) is 13.0 Å². The minimum Gasteiger partial charge on any atom is -0.490 e. The number of hydrogen-bond donors (Lipinski definition) is 2. The van der Waals surface area contributed by atoms with Crippen molar-refractivity contribution < 1.29 is 9.26 Å². The summed E-state index contributed by atoms with van der Waals surface area (Å²) in [5, 5.41) is 10.4. The molecule has 1 atom stereocenters. The Bertz CT molecular complexity index is 742. The second-order valence-corrected chi connectivity index (χ2v) is 6.56. The van der Waals surface area contributed by atoms with Crippen LogP contribution in [0.2, 0.25) is 0 Å². The van der Waals surface area contributed by atoms with Gasteiger partial charge in [0, 0.05) is 25.1 Å². The number of rotatable bonds is 9. The number of aryl methyl sites for hydroxylation is 2. The van der Waals surface area contributed by atoms with E-state index in [4.69, 9.17) is 14.3 Å². The Morgan fingerprint density at radius 2 is 2.07 bits per heavy atom. The van der Waals surface area contributed by atoms with E-state index in [0.29, 0.717) is 31.2 Å². The molecule has 0 aliphatic carbocycles. The van der Waals surface area contributed by atoms with Gasteiger partial charge < -0.3 is 19.9 Å². The maximum Gasteiger partial charge on any atom is 0.228 e. The fourth-order valence-corrected chi connectivity index (χ4v) is 2.44. The normalized spacial score (nSPS) is 12.7. The molecule has 27 heavy (non-hydrogen) atoms. The van der Waals surface area contributed by atoms with Crippen molar-refractivity contribution in [3.8, 4) is 5.75 Å². The third-order valence-corrected chi connectivity index (χ3v) is 4.08. The SMILES string of the molecule is CCNC(=NCc1ccc(C)cc1OC(C)CC)NCCc1nc(C)no1. The molecule has 1 unspecified atom stereocenters. The molecule has 1 heterocycles. The largest absolute Gasteiger partial charge is 0.490 e. The molecule has 7 nitrogen and oxygen atoms in total. The molecule has 0 aliphatic heterocycles. The summed E-state index contributed by atoms with van der Waals surface area (Å²) in [5.74, 6) is 2.94. The van der Waals surface area contributed by atoms with E-state index in [1.54, 1.807) is 0 Å². The first-order valence-corrected chi connectivity index (χ1v) is 9.59. The first-order chi connectivity index (χ1) is 13.0. The summed E-state index contributed by atoms with van der Waals surface area (Å²) < 4.78 is 11.2. The second-order valence-electron chi connectivity index (χ2n) is 6.56. The van der Waals surface area contributed by atoms with Gasteiger partial charge in [-0.1, -0.05) is 24.2 Å². The zero-order valence-electron chi connectivity index (χ0n) is 17.0. The predicted molar refractivity (Wildman–Crippen MR) is 107 cm³/mol.